The second-order valence-corrected chi connectivity index (χ2v) is 1.89. The lowest BCUT2D eigenvalue weighted by Gasteiger charge is -2.28. The third kappa shape index (κ3) is 0.881. The van der Waals surface area contributed by atoms with Crippen molar-refractivity contribution in [2.75, 3.05) is 0 Å². The van der Waals surface area contributed by atoms with Crippen molar-refractivity contribution in [2.45, 2.75) is 24.9 Å². The maximum Gasteiger partial charge on any atom is 0.253 e. The molecule has 1 saturated carbocycles. The van der Waals surface area contributed by atoms with Crippen molar-refractivity contribution in [1.29, 1.82) is 0 Å². The summed E-state index contributed by atoms with van der Waals surface area (Å²) in [6.07, 6.45) is -1.89. The summed E-state index contributed by atoms with van der Waals surface area (Å²) in [7, 11) is 0. The molecule has 1 radical (unpaired) electrons. The van der Waals surface area contributed by atoms with Gasteiger partial charge in [-0.1, -0.05) is 0 Å². The van der Waals surface area contributed by atoms with Crippen LogP contribution in [-0.2, 0) is 5.11 Å². The Balaban J connectivity index is 2.29. The van der Waals surface area contributed by atoms with Gasteiger partial charge >= 0.3 is 0 Å². The molecule has 0 aromatic heterocycles. The average molecular weight is 107 g/mol. The lowest BCUT2D eigenvalue weighted by atomic mass is 9.91. The summed E-state index contributed by atoms with van der Waals surface area (Å²) < 4.78 is 23.2. The Morgan fingerprint density at radius 1 is 1.43 bits per heavy atom. The van der Waals surface area contributed by atoms with Gasteiger partial charge in [-0.15, -0.1) is 0 Å². The van der Waals surface area contributed by atoms with Crippen LogP contribution in [0.25, 0.3) is 0 Å². The van der Waals surface area contributed by atoms with Crippen LogP contribution in [0.5, 0.6) is 0 Å². The summed E-state index contributed by atoms with van der Waals surface area (Å²) in [5.41, 5.74) is 0. The molecule has 0 aromatic rings. The second-order valence-electron chi connectivity index (χ2n) is 1.89. The first-order valence-corrected chi connectivity index (χ1v) is 2.14. The zero-order valence-electron chi connectivity index (χ0n) is 3.66. The molecule has 1 aliphatic carbocycles. The first-order chi connectivity index (χ1) is 3.10. The van der Waals surface area contributed by atoms with Crippen LogP contribution in [0.3, 0.4) is 0 Å². The summed E-state index contributed by atoms with van der Waals surface area (Å²) in [6.45, 7) is 0. The highest BCUT2D eigenvalue weighted by atomic mass is 19.3. The van der Waals surface area contributed by atoms with Crippen molar-refractivity contribution < 1.29 is 13.9 Å². The number of hydrogen-bond donors (Lipinski definition) is 0. The Morgan fingerprint density at radius 3 is 1.86 bits per heavy atom. The van der Waals surface area contributed by atoms with Gasteiger partial charge in [0, 0.05) is 12.8 Å². The van der Waals surface area contributed by atoms with Crippen molar-refractivity contribution in [2.24, 2.45) is 0 Å². The molecule has 0 heterocycles. The minimum atomic E-state index is -2.62. The van der Waals surface area contributed by atoms with Crippen molar-refractivity contribution in [1.82, 2.24) is 0 Å². The molecule has 1 fully saturated rings. The van der Waals surface area contributed by atoms with Crippen LogP contribution in [0.1, 0.15) is 12.8 Å². The molecule has 0 spiro atoms. The van der Waals surface area contributed by atoms with E-state index in [1.54, 1.807) is 0 Å². The standard InChI is InChI=1S/C4H5F2O/c5-4(6)1-3(7)2-4/h3H,1-2H2. The van der Waals surface area contributed by atoms with E-state index in [2.05, 4.69) is 0 Å². The lowest BCUT2D eigenvalue weighted by Crippen LogP contribution is -2.38. The maximum absolute atomic E-state index is 11.6. The van der Waals surface area contributed by atoms with Crippen LogP contribution >= 0.6 is 0 Å². The van der Waals surface area contributed by atoms with Crippen molar-refractivity contribution in [3.8, 4) is 0 Å². The normalized spacial score (nSPS) is 29.6. The third-order valence-corrected chi connectivity index (χ3v) is 1.05. The molecule has 7 heavy (non-hydrogen) atoms. The topological polar surface area (TPSA) is 19.9 Å². The van der Waals surface area contributed by atoms with Crippen molar-refractivity contribution in [3.05, 3.63) is 0 Å². The predicted molar refractivity (Wildman–Crippen MR) is 18.7 cm³/mol. The van der Waals surface area contributed by atoms with Gasteiger partial charge in [-0.2, -0.15) is 0 Å². The third-order valence-electron chi connectivity index (χ3n) is 1.05. The SMILES string of the molecule is [O]C1CC(F)(F)C1. The zero-order valence-corrected chi connectivity index (χ0v) is 3.66. The highest BCUT2D eigenvalue weighted by Gasteiger charge is 2.45. The second kappa shape index (κ2) is 1.15. The first kappa shape index (κ1) is 4.97. The molecule has 0 N–H and O–H groups in total. The number of rotatable bonds is 0. The van der Waals surface area contributed by atoms with Crippen LogP contribution in [-0.4, -0.2) is 12.0 Å². The average Bonchev–Trinajstić information content (AvgIpc) is 1.27. The van der Waals surface area contributed by atoms with Crippen LogP contribution in [0, 0.1) is 0 Å². The molecule has 0 bridgehead atoms. The zero-order chi connectivity index (χ0) is 5.49. The van der Waals surface area contributed by atoms with E-state index in [1.165, 1.54) is 0 Å². The number of alkyl halides is 2. The summed E-state index contributed by atoms with van der Waals surface area (Å²) in [4.78, 5) is 0. The fraction of sp³-hybridized carbons (Fsp3) is 1.00. The van der Waals surface area contributed by atoms with Gasteiger partial charge in [-0.05, 0) is 0 Å². The Hall–Kier alpha value is -0.180. The molecular weight excluding hydrogens is 102 g/mol. The summed E-state index contributed by atoms with van der Waals surface area (Å²) in [5, 5.41) is 9.92. The van der Waals surface area contributed by atoms with Gasteiger partial charge in [0.2, 0.25) is 0 Å². The van der Waals surface area contributed by atoms with E-state index in [9.17, 15) is 13.9 Å². The van der Waals surface area contributed by atoms with Gasteiger partial charge < -0.3 is 0 Å². The van der Waals surface area contributed by atoms with Gasteiger partial charge in [-0.25, -0.2) is 13.9 Å². The van der Waals surface area contributed by atoms with Gasteiger partial charge in [-0.3, -0.25) is 0 Å². The minimum Gasteiger partial charge on any atom is -0.233 e. The predicted octanol–water partition coefficient (Wildman–Crippen LogP) is 1.21. The lowest BCUT2D eigenvalue weighted by molar-refractivity contribution is -0.164. The van der Waals surface area contributed by atoms with Gasteiger partial charge in [0.25, 0.3) is 5.92 Å². The molecule has 0 saturated heterocycles. The fourth-order valence-electron chi connectivity index (χ4n) is 0.606. The van der Waals surface area contributed by atoms with E-state index in [4.69, 9.17) is 0 Å². The van der Waals surface area contributed by atoms with Crippen molar-refractivity contribution in [3.63, 3.8) is 0 Å². The monoisotopic (exact) mass is 107 g/mol. The molecule has 1 rings (SSSR count). The first-order valence-electron chi connectivity index (χ1n) is 2.14. The molecule has 0 aliphatic heterocycles. The molecule has 0 aromatic carbocycles. The molecule has 1 aliphatic rings. The fourth-order valence-corrected chi connectivity index (χ4v) is 0.606. The van der Waals surface area contributed by atoms with E-state index in [0.29, 0.717) is 0 Å². The van der Waals surface area contributed by atoms with Gasteiger partial charge in [0.1, 0.15) is 6.10 Å². The Kier molecular flexibility index (Phi) is 0.819. The molecular formula is C4H5F2O. The quantitative estimate of drug-likeness (QED) is 0.443. The Bertz CT molecular complexity index is 73.8. The van der Waals surface area contributed by atoms with Gasteiger partial charge in [0.15, 0.2) is 0 Å². The number of hydrogen-bond acceptors (Lipinski definition) is 0. The summed E-state index contributed by atoms with van der Waals surface area (Å²) >= 11 is 0. The van der Waals surface area contributed by atoms with E-state index < -0.39 is 24.9 Å². The highest BCUT2D eigenvalue weighted by Crippen LogP contribution is 2.37. The smallest absolute Gasteiger partial charge is 0.233 e. The molecule has 41 valence electrons. The molecule has 3 heteroatoms. The van der Waals surface area contributed by atoms with Crippen LogP contribution in [0.15, 0.2) is 0 Å². The van der Waals surface area contributed by atoms with Crippen LogP contribution in [0.2, 0.25) is 0 Å². The molecule has 0 unspecified atom stereocenters. The van der Waals surface area contributed by atoms with E-state index in [0.717, 1.165) is 0 Å². The number of halogens is 2. The van der Waals surface area contributed by atoms with E-state index >= 15 is 0 Å². The van der Waals surface area contributed by atoms with E-state index in [-0.39, 0.29) is 0 Å². The van der Waals surface area contributed by atoms with Crippen LogP contribution < -0.4 is 0 Å². The Morgan fingerprint density at radius 2 is 1.86 bits per heavy atom. The van der Waals surface area contributed by atoms with Crippen LogP contribution in [0.4, 0.5) is 8.78 Å². The van der Waals surface area contributed by atoms with Gasteiger partial charge in [0.05, 0.1) is 0 Å². The summed E-state index contributed by atoms with van der Waals surface area (Å²) in [6, 6.07) is 0. The Labute approximate surface area is 40.0 Å². The highest BCUT2D eigenvalue weighted by molar-refractivity contribution is 4.84. The van der Waals surface area contributed by atoms with Crippen molar-refractivity contribution >= 4 is 0 Å². The molecule has 1 nitrogen and oxygen atoms in total. The minimum absolute atomic E-state index is 0.451. The summed E-state index contributed by atoms with van der Waals surface area (Å²) in [5.74, 6) is -2.62. The molecule has 0 amide bonds. The largest absolute Gasteiger partial charge is 0.253 e. The van der Waals surface area contributed by atoms with E-state index in [1.807, 2.05) is 0 Å². The molecule has 0 atom stereocenters. The maximum atomic E-state index is 11.6.